The van der Waals surface area contributed by atoms with Gasteiger partial charge >= 0.3 is 0 Å². The molecular weight excluding hydrogens is 102 g/mol. The number of imidazole rings is 1. The van der Waals surface area contributed by atoms with Gasteiger partial charge in [-0.1, -0.05) is 6.92 Å². The molecule has 0 saturated heterocycles. The third kappa shape index (κ3) is 0.804. The van der Waals surface area contributed by atoms with E-state index in [1.807, 2.05) is 6.92 Å². The van der Waals surface area contributed by atoms with Gasteiger partial charge in [-0.3, -0.25) is 0 Å². The molecule has 0 fully saturated rings. The van der Waals surface area contributed by atoms with Crippen LogP contribution in [0.25, 0.3) is 0 Å². The molecule has 0 aliphatic carbocycles. The van der Waals surface area contributed by atoms with Gasteiger partial charge in [-0.05, 0) is 6.42 Å². The van der Waals surface area contributed by atoms with Gasteiger partial charge in [0, 0.05) is 5.69 Å². The van der Waals surface area contributed by atoms with Gasteiger partial charge in [-0.15, -0.1) is 0 Å². The van der Waals surface area contributed by atoms with E-state index in [0.717, 1.165) is 12.1 Å². The molecule has 0 saturated carbocycles. The lowest BCUT2D eigenvalue weighted by molar-refractivity contribution is 1.06. The summed E-state index contributed by atoms with van der Waals surface area (Å²) in [6.07, 6.45) is 3.63. The van der Waals surface area contributed by atoms with Crippen LogP contribution in [0, 0.1) is 6.20 Å². The van der Waals surface area contributed by atoms with Crippen molar-refractivity contribution < 1.29 is 0 Å². The lowest BCUT2D eigenvalue weighted by atomic mass is 10.4. The summed E-state index contributed by atoms with van der Waals surface area (Å²) in [5.74, 6) is 0.446. The molecule has 0 atom stereocenters. The van der Waals surface area contributed by atoms with Crippen LogP contribution in [0.15, 0.2) is 0 Å². The summed E-state index contributed by atoms with van der Waals surface area (Å²) in [7, 11) is 0. The van der Waals surface area contributed by atoms with Crippen molar-refractivity contribution in [2.45, 2.75) is 13.3 Å². The summed E-state index contributed by atoms with van der Waals surface area (Å²) in [6.45, 7) is 2.02. The third-order valence-electron chi connectivity index (χ3n) is 0.944. The van der Waals surface area contributed by atoms with Crippen molar-refractivity contribution in [3.8, 4) is 0 Å². The Balaban J connectivity index is 2.84. The van der Waals surface area contributed by atoms with Crippen LogP contribution in [0.1, 0.15) is 12.6 Å². The monoisotopic (exact) mass is 110 g/mol. The van der Waals surface area contributed by atoms with E-state index in [-0.39, 0.29) is 0 Å². The Morgan fingerprint density at radius 1 is 1.88 bits per heavy atom. The maximum atomic E-state index is 5.26. The highest BCUT2D eigenvalue weighted by Gasteiger charge is 1.90. The predicted molar refractivity (Wildman–Crippen MR) is 31.2 cm³/mol. The van der Waals surface area contributed by atoms with Crippen LogP contribution in [0.5, 0.6) is 0 Å². The molecule has 0 bridgehead atoms. The van der Waals surface area contributed by atoms with E-state index in [2.05, 4.69) is 16.2 Å². The van der Waals surface area contributed by atoms with E-state index >= 15 is 0 Å². The standard InChI is InChI=1S/C5H8N3/c1-2-4-3-7-5(6)8-4/h2H2,1H3,(H3,6,7,8). The van der Waals surface area contributed by atoms with Crippen LogP contribution >= 0.6 is 0 Å². The van der Waals surface area contributed by atoms with Crippen molar-refractivity contribution >= 4 is 5.95 Å². The molecule has 1 rings (SSSR count). The summed E-state index contributed by atoms with van der Waals surface area (Å²) in [4.78, 5) is 6.52. The lowest BCUT2D eigenvalue weighted by Gasteiger charge is -1.81. The Kier molecular flexibility index (Phi) is 1.20. The number of nitrogens with zero attached hydrogens (tertiary/aromatic N) is 1. The molecule has 0 aromatic carbocycles. The Hall–Kier alpha value is -0.990. The first-order chi connectivity index (χ1) is 3.83. The van der Waals surface area contributed by atoms with Gasteiger partial charge < -0.3 is 10.7 Å². The fourth-order valence-electron chi connectivity index (χ4n) is 0.506. The third-order valence-corrected chi connectivity index (χ3v) is 0.944. The smallest absolute Gasteiger partial charge is 0.198 e. The summed E-state index contributed by atoms with van der Waals surface area (Å²) in [5.41, 5.74) is 6.22. The highest BCUT2D eigenvalue weighted by Crippen LogP contribution is 1.95. The van der Waals surface area contributed by atoms with Crippen LogP contribution < -0.4 is 5.73 Å². The first-order valence-electron chi connectivity index (χ1n) is 2.55. The number of hydrogen-bond acceptors (Lipinski definition) is 2. The predicted octanol–water partition coefficient (Wildman–Crippen LogP) is 0.354. The van der Waals surface area contributed by atoms with Gasteiger partial charge in [-0.25, -0.2) is 4.98 Å². The largest absolute Gasteiger partial charge is 0.369 e. The molecule has 43 valence electrons. The lowest BCUT2D eigenvalue weighted by Crippen LogP contribution is -1.85. The van der Waals surface area contributed by atoms with Gasteiger partial charge in [0.25, 0.3) is 0 Å². The Bertz CT molecular complexity index is 168. The summed E-state index contributed by atoms with van der Waals surface area (Å²) >= 11 is 0. The van der Waals surface area contributed by atoms with E-state index in [1.54, 1.807) is 0 Å². The molecule has 1 heterocycles. The average Bonchev–Trinajstić information content (AvgIpc) is 2.14. The molecule has 0 aliphatic heterocycles. The molecule has 3 heteroatoms. The SMILES string of the molecule is CCc1[c]nc(N)[nH]1. The zero-order valence-electron chi connectivity index (χ0n) is 4.73. The average molecular weight is 110 g/mol. The molecule has 1 aromatic rings. The second kappa shape index (κ2) is 1.86. The molecule has 0 aliphatic rings. The summed E-state index contributed by atoms with van der Waals surface area (Å²) in [6, 6.07) is 0. The molecule has 1 aromatic heterocycles. The molecule has 3 N–H and O–H groups in total. The van der Waals surface area contributed by atoms with Crippen molar-refractivity contribution in [1.82, 2.24) is 9.97 Å². The molecule has 8 heavy (non-hydrogen) atoms. The fraction of sp³-hybridized carbons (Fsp3) is 0.400. The number of anilines is 1. The molecule has 0 amide bonds. The second-order valence-corrected chi connectivity index (χ2v) is 1.57. The van der Waals surface area contributed by atoms with E-state index in [4.69, 9.17) is 5.73 Å². The minimum Gasteiger partial charge on any atom is -0.369 e. The minimum atomic E-state index is 0.446. The minimum absolute atomic E-state index is 0.446. The topological polar surface area (TPSA) is 54.7 Å². The highest BCUT2D eigenvalue weighted by atomic mass is 15.0. The van der Waals surface area contributed by atoms with Gasteiger partial charge in [0.15, 0.2) is 5.95 Å². The Labute approximate surface area is 47.9 Å². The van der Waals surface area contributed by atoms with Gasteiger partial charge in [0.05, 0.1) is 0 Å². The zero-order chi connectivity index (χ0) is 5.98. The van der Waals surface area contributed by atoms with Crippen LogP contribution in [-0.4, -0.2) is 9.97 Å². The molecule has 3 nitrogen and oxygen atoms in total. The maximum Gasteiger partial charge on any atom is 0.198 e. The van der Waals surface area contributed by atoms with Crippen molar-refractivity contribution in [1.29, 1.82) is 0 Å². The molecule has 1 radical (unpaired) electrons. The Morgan fingerprint density at radius 2 is 2.62 bits per heavy atom. The second-order valence-electron chi connectivity index (χ2n) is 1.57. The van der Waals surface area contributed by atoms with Crippen LogP contribution in [0.2, 0.25) is 0 Å². The van der Waals surface area contributed by atoms with Gasteiger partial charge in [-0.2, -0.15) is 0 Å². The maximum absolute atomic E-state index is 5.26. The number of hydrogen-bond donors (Lipinski definition) is 2. The van der Waals surface area contributed by atoms with Crippen LogP contribution in [0.3, 0.4) is 0 Å². The van der Waals surface area contributed by atoms with Gasteiger partial charge in [0.2, 0.25) is 0 Å². The summed E-state index contributed by atoms with van der Waals surface area (Å²) < 4.78 is 0. The van der Waals surface area contributed by atoms with E-state index < -0.39 is 0 Å². The van der Waals surface area contributed by atoms with Crippen molar-refractivity contribution in [3.05, 3.63) is 11.9 Å². The van der Waals surface area contributed by atoms with Crippen LogP contribution in [-0.2, 0) is 6.42 Å². The first-order valence-corrected chi connectivity index (χ1v) is 2.55. The number of rotatable bonds is 1. The number of nitrogens with two attached hydrogens (primary N) is 1. The highest BCUT2D eigenvalue weighted by molar-refractivity contribution is 5.16. The molecular formula is C5H8N3. The fourth-order valence-corrected chi connectivity index (χ4v) is 0.506. The van der Waals surface area contributed by atoms with E-state index in [0.29, 0.717) is 5.95 Å². The van der Waals surface area contributed by atoms with Crippen molar-refractivity contribution in [2.24, 2.45) is 0 Å². The van der Waals surface area contributed by atoms with Crippen molar-refractivity contribution in [3.63, 3.8) is 0 Å². The van der Waals surface area contributed by atoms with Gasteiger partial charge in [0.1, 0.15) is 6.20 Å². The normalized spacial score (nSPS) is 9.62. The zero-order valence-corrected chi connectivity index (χ0v) is 4.73. The number of nitrogens with one attached hydrogen (secondary N) is 1. The Morgan fingerprint density at radius 3 is 2.88 bits per heavy atom. The number of aryl methyl sites for hydroxylation is 1. The number of aromatic amines is 1. The van der Waals surface area contributed by atoms with E-state index in [1.165, 1.54) is 0 Å². The first kappa shape index (κ1) is 5.15. The van der Waals surface area contributed by atoms with Crippen molar-refractivity contribution in [2.75, 3.05) is 5.73 Å². The number of H-pyrrole nitrogens is 1. The van der Waals surface area contributed by atoms with E-state index in [9.17, 15) is 0 Å². The quantitative estimate of drug-likeness (QED) is 0.548. The molecule has 0 unspecified atom stereocenters. The number of nitrogen functional groups attached to an aromatic ring is 1. The number of aromatic nitrogens is 2. The molecule has 0 spiro atoms. The summed E-state index contributed by atoms with van der Waals surface area (Å²) in [5, 5.41) is 0. The van der Waals surface area contributed by atoms with Crippen LogP contribution in [0.4, 0.5) is 5.95 Å².